The highest BCUT2D eigenvalue weighted by Gasteiger charge is 2.21. The Kier molecular flexibility index (Phi) is 9.07. The van der Waals surface area contributed by atoms with Crippen molar-refractivity contribution >= 4 is 56.8 Å². The highest BCUT2D eigenvalue weighted by Crippen LogP contribution is 2.29. The minimum Gasteiger partial charge on any atom is -0.508 e. The van der Waals surface area contributed by atoms with Crippen molar-refractivity contribution in [3.8, 4) is 5.75 Å². The zero-order chi connectivity index (χ0) is 25.5. The number of phenolic OH excluding ortho intramolecular Hbond substituents is 1. The molecule has 186 valence electrons. The van der Waals surface area contributed by atoms with Crippen LogP contribution in [0.1, 0.15) is 34.7 Å². The maximum absolute atomic E-state index is 12.6. The molecular weight excluding hydrogens is 544 g/mol. The number of amides is 1. The van der Waals surface area contributed by atoms with Crippen LogP contribution in [0.2, 0.25) is 5.02 Å². The smallest absolute Gasteiger partial charge is 0.303 e. The van der Waals surface area contributed by atoms with Gasteiger partial charge in [-0.25, -0.2) is 0 Å². The molecule has 10 nitrogen and oxygen atoms in total. The van der Waals surface area contributed by atoms with Crippen molar-refractivity contribution in [2.24, 2.45) is 4.99 Å². The van der Waals surface area contributed by atoms with E-state index in [1.807, 2.05) is 0 Å². The van der Waals surface area contributed by atoms with Crippen molar-refractivity contribution in [2.45, 2.75) is 24.9 Å². The van der Waals surface area contributed by atoms with Gasteiger partial charge in [0.05, 0.1) is 25.6 Å². The van der Waals surface area contributed by atoms with Crippen LogP contribution in [-0.2, 0) is 9.59 Å². The SMILES string of the molecule is O=C(O)C[C@H](CC(=O)CNC(=O)c1cc(O)cc(NC2=NCC(O)CN2)c1)c1cc(Cl)cc(Br)c1. The predicted molar refractivity (Wildman–Crippen MR) is 134 cm³/mol. The van der Waals surface area contributed by atoms with Crippen molar-refractivity contribution in [3.63, 3.8) is 0 Å². The number of nitrogens with zero attached hydrogens (tertiary/aromatic N) is 1. The van der Waals surface area contributed by atoms with Crippen molar-refractivity contribution in [1.29, 1.82) is 0 Å². The molecule has 0 aromatic heterocycles. The van der Waals surface area contributed by atoms with Crippen molar-refractivity contribution in [3.05, 3.63) is 57.0 Å². The molecule has 0 saturated carbocycles. The summed E-state index contributed by atoms with van der Waals surface area (Å²) in [6.07, 6.45) is -0.967. The number of rotatable bonds is 9. The van der Waals surface area contributed by atoms with Crippen LogP contribution in [0.4, 0.5) is 5.69 Å². The van der Waals surface area contributed by atoms with E-state index in [1.165, 1.54) is 18.2 Å². The quantitative estimate of drug-likeness (QED) is 0.269. The maximum Gasteiger partial charge on any atom is 0.303 e. The number of aliphatic hydroxyl groups excluding tert-OH is 1. The molecule has 3 rings (SSSR count). The Hall–Kier alpha value is -3.15. The molecule has 1 heterocycles. The minimum absolute atomic E-state index is 0.108. The molecule has 0 saturated heterocycles. The fourth-order valence-electron chi connectivity index (χ4n) is 3.52. The number of anilines is 1. The molecular formula is C23H24BrClN4O6. The number of hydrogen-bond donors (Lipinski definition) is 6. The molecule has 1 amide bonds. The molecule has 1 unspecified atom stereocenters. The minimum atomic E-state index is -1.06. The third-order valence-electron chi connectivity index (χ3n) is 5.11. The number of carbonyl (C=O) groups excluding carboxylic acids is 2. The number of aliphatic hydroxyl groups is 1. The lowest BCUT2D eigenvalue weighted by Crippen LogP contribution is -2.42. The van der Waals surface area contributed by atoms with Gasteiger partial charge in [0.15, 0.2) is 11.7 Å². The van der Waals surface area contributed by atoms with Gasteiger partial charge >= 0.3 is 5.97 Å². The number of Topliss-reactive ketones (excluding diaryl/α,β-unsaturated/α-hetero) is 1. The summed E-state index contributed by atoms with van der Waals surface area (Å²) < 4.78 is 0.662. The molecule has 2 atom stereocenters. The van der Waals surface area contributed by atoms with Gasteiger partial charge in [0.25, 0.3) is 5.91 Å². The van der Waals surface area contributed by atoms with Crippen LogP contribution in [0.15, 0.2) is 45.9 Å². The molecule has 2 aromatic carbocycles. The van der Waals surface area contributed by atoms with Crippen LogP contribution in [0.5, 0.6) is 5.75 Å². The molecule has 0 fully saturated rings. The average Bonchev–Trinajstić information content (AvgIpc) is 2.77. The molecule has 35 heavy (non-hydrogen) atoms. The van der Waals surface area contributed by atoms with Crippen molar-refractivity contribution in [2.75, 3.05) is 25.0 Å². The first kappa shape index (κ1) is 26.5. The lowest BCUT2D eigenvalue weighted by Gasteiger charge is -2.20. The van der Waals surface area contributed by atoms with Gasteiger partial charge in [-0.1, -0.05) is 27.5 Å². The number of phenols is 1. The summed E-state index contributed by atoms with van der Waals surface area (Å²) in [6, 6.07) is 9.10. The summed E-state index contributed by atoms with van der Waals surface area (Å²) >= 11 is 9.38. The van der Waals surface area contributed by atoms with Crippen LogP contribution in [-0.4, -0.2) is 64.7 Å². The van der Waals surface area contributed by atoms with Gasteiger partial charge in [-0.05, 0) is 35.9 Å². The summed E-state index contributed by atoms with van der Waals surface area (Å²) in [5, 5.41) is 37.5. The maximum atomic E-state index is 12.6. The lowest BCUT2D eigenvalue weighted by atomic mass is 9.90. The van der Waals surface area contributed by atoms with Gasteiger partial charge in [0, 0.05) is 45.7 Å². The van der Waals surface area contributed by atoms with Crippen LogP contribution in [0, 0.1) is 0 Å². The number of carboxylic acid groups (broad SMARTS) is 1. The number of halogens is 2. The number of β-amino-alcohol motifs (C(OH)–C–C–N with tert-alkyl or cyclic N) is 1. The number of carbonyl (C=O) groups is 3. The van der Waals surface area contributed by atoms with Gasteiger partial charge in [0.1, 0.15) is 5.75 Å². The van der Waals surface area contributed by atoms with Gasteiger partial charge < -0.3 is 31.3 Å². The van der Waals surface area contributed by atoms with E-state index in [-0.39, 0.29) is 43.0 Å². The Morgan fingerprint density at radius 1 is 1.17 bits per heavy atom. The van der Waals surface area contributed by atoms with Gasteiger partial charge in [-0.15, -0.1) is 0 Å². The summed E-state index contributed by atoms with van der Waals surface area (Å²) in [7, 11) is 0. The average molecular weight is 568 g/mol. The lowest BCUT2D eigenvalue weighted by molar-refractivity contribution is -0.137. The van der Waals surface area contributed by atoms with Gasteiger partial charge in [-0.3, -0.25) is 19.4 Å². The summed E-state index contributed by atoms with van der Waals surface area (Å²) in [4.78, 5) is 40.6. The first-order valence-corrected chi connectivity index (χ1v) is 11.8. The number of aromatic hydroxyl groups is 1. The van der Waals surface area contributed by atoms with Gasteiger partial charge in [0.2, 0.25) is 0 Å². The van der Waals surface area contributed by atoms with E-state index in [4.69, 9.17) is 11.6 Å². The molecule has 0 radical (unpaired) electrons. The fourth-order valence-corrected chi connectivity index (χ4v) is 4.41. The second-order valence-electron chi connectivity index (χ2n) is 8.04. The molecule has 1 aliphatic rings. The van der Waals surface area contributed by atoms with Crippen LogP contribution in [0.25, 0.3) is 0 Å². The second-order valence-corrected chi connectivity index (χ2v) is 9.39. The van der Waals surface area contributed by atoms with Gasteiger partial charge in [-0.2, -0.15) is 0 Å². The first-order valence-electron chi connectivity index (χ1n) is 10.6. The summed E-state index contributed by atoms with van der Waals surface area (Å²) in [5.74, 6) is -2.42. The number of ketones is 1. The van der Waals surface area contributed by atoms with Crippen LogP contribution < -0.4 is 16.0 Å². The van der Waals surface area contributed by atoms with E-state index in [9.17, 15) is 29.7 Å². The van der Waals surface area contributed by atoms with E-state index < -0.39 is 23.9 Å². The van der Waals surface area contributed by atoms with Crippen LogP contribution >= 0.6 is 27.5 Å². The highest BCUT2D eigenvalue weighted by molar-refractivity contribution is 9.10. The number of nitrogens with one attached hydrogen (secondary N) is 3. The topological polar surface area (TPSA) is 160 Å². The number of hydrogen-bond acceptors (Lipinski definition) is 8. The normalized spacial score (nSPS) is 16.0. The Morgan fingerprint density at radius 3 is 2.60 bits per heavy atom. The molecule has 0 spiro atoms. The Morgan fingerprint density at radius 2 is 1.94 bits per heavy atom. The predicted octanol–water partition coefficient (Wildman–Crippen LogP) is 2.49. The van der Waals surface area contributed by atoms with Crippen molar-refractivity contribution in [1.82, 2.24) is 10.6 Å². The molecule has 6 N–H and O–H groups in total. The zero-order valence-corrected chi connectivity index (χ0v) is 20.8. The third kappa shape index (κ3) is 8.23. The first-order chi connectivity index (χ1) is 16.6. The number of carboxylic acids is 1. The summed E-state index contributed by atoms with van der Waals surface area (Å²) in [5.41, 5.74) is 1.09. The largest absolute Gasteiger partial charge is 0.508 e. The number of aliphatic carboxylic acids is 1. The standard InChI is InChI=1S/C23H24BrClN4O6/c24-15-1-12(2-16(25)7-15)13(6-21(33)34)4-19(31)9-26-22(35)14-3-17(8-18(30)5-14)29-23-27-10-20(32)11-28-23/h1-3,5,7-8,13,20,30,32H,4,6,9-11H2,(H,26,35)(H,33,34)(H2,27,28,29)/t13-/m0/s1. The molecule has 12 heteroatoms. The van der Waals surface area contributed by atoms with E-state index in [1.54, 1.807) is 18.2 Å². The molecule has 0 bridgehead atoms. The molecule has 0 aliphatic carbocycles. The fraction of sp³-hybridized carbons (Fsp3) is 0.304. The Balaban J connectivity index is 1.63. The van der Waals surface area contributed by atoms with E-state index in [2.05, 4.69) is 36.9 Å². The highest BCUT2D eigenvalue weighted by atomic mass is 79.9. The Labute approximate surface area is 214 Å². The number of aliphatic imine (C=N–C) groups is 1. The second kappa shape index (κ2) is 12.0. The van der Waals surface area contributed by atoms with E-state index >= 15 is 0 Å². The number of benzene rings is 2. The zero-order valence-electron chi connectivity index (χ0n) is 18.4. The van der Waals surface area contributed by atoms with Crippen molar-refractivity contribution < 1.29 is 29.7 Å². The Bertz CT molecular complexity index is 1140. The summed E-state index contributed by atoms with van der Waals surface area (Å²) in [6.45, 7) is 0.217. The number of guanidine groups is 1. The third-order valence-corrected chi connectivity index (χ3v) is 5.78. The van der Waals surface area contributed by atoms with E-state index in [0.717, 1.165) is 0 Å². The van der Waals surface area contributed by atoms with Crippen LogP contribution in [0.3, 0.4) is 0 Å². The molecule has 2 aromatic rings. The van der Waals surface area contributed by atoms with E-state index in [0.29, 0.717) is 33.3 Å². The molecule has 1 aliphatic heterocycles. The monoisotopic (exact) mass is 566 g/mol.